The van der Waals surface area contributed by atoms with Gasteiger partial charge in [0, 0.05) is 36.8 Å². The predicted molar refractivity (Wildman–Crippen MR) is 167 cm³/mol. The zero-order valence-electron chi connectivity index (χ0n) is 26.1. The van der Waals surface area contributed by atoms with Crippen LogP contribution in [0.5, 0.6) is 5.75 Å². The van der Waals surface area contributed by atoms with Crippen molar-refractivity contribution in [1.29, 1.82) is 0 Å². The predicted octanol–water partition coefficient (Wildman–Crippen LogP) is 8.09. The monoisotopic (exact) mass is 659 g/mol. The fourth-order valence-corrected chi connectivity index (χ4v) is 6.24. The second-order valence-corrected chi connectivity index (χ2v) is 14.3. The number of Topliss-reactive ketones (excluding diaryl/α,β-unsaturated/α-hetero) is 1. The molecule has 0 aromatic heterocycles. The van der Waals surface area contributed by atoms with Crippen molar-refractivity contribution in [3.8, 4) is 5.75 Å². The Bertz CT molecular complexity index is 1280. The molecular formula is C30H43ClNO9PS. The lowest BCUT2D eigenvalue weighted by atomic mass is 9.87. The number of ketones is 1. The van der Waals surface area contributed by atoms with Gasteiger partial charge in [-0.1, -0.05) is 42.8 Å². The van der Waals surface area contributed by atoms with Crippen LogP contribution in [0.2, 0.25) is 5.02 Å². The van der Waals surface area contributed by atoms with Crippen LogP contribution in [0.3, 0.4) is 0 Å². The van der Waals surface area contributed by atoms with Gasteiger partial charge in [-0.05, 0) is 82.9 Å². The first-order valence-electron chi connectivity index (χ1n) is 13.8. The standard InChI is InChI=1S/C30H43ClNO9PS/c1-9-15-30(19-40-42(35,37-7)38-8,32-28(34)41-29(3,4)5)16-14-22-10-12-24(18-25(22)31)43-27-17-23(21(2)33)11-13-26(27)39-20-36-6/h10-13,17-18H,9,14-16,19-20H2,1-8H3,(H,32,34). The average molecular weight is 660 g/mol. The lowest BCUT2D eigenvalue weighted by molar-refractivity contribution is 0.0351. The van der Waals surface area contributed by atoms with Crippen LogP contribution in [0.1, 0.15) is 69.8 Å². The van der Waals surface area contributed by atoms with Crippen molar-refractivity contribution < 1.29 is 41.9 Å². The van der Waals surface area contributed by atoms with Gasteiger partial charge in [0.05, 0.1) is 17.0 Å². The molecule has 0 radical (unpaired) electrons. The van der Waals surface area contributed by atoms with E-state index in [4.69, 9.17) is 39.4 Å². The summed E-state index contributed by atoms with van der Waals surface area (Å²) in [5.41, 5.74) is -0.269. The molecule has 0 aliphatic rings. The molecule has 0 bridgehead atoms. The van der Waals surface area contributed by atoms with Crippen molar-refractivity contribution in [2.75, 3.05) is 34.7 Å². The first-order valence-corrected chi connectivity index (χ1v) is 16.4. The highest BCUT2D eigenvalue weighted by Gasteiger charge is 2.37. The molecule has 1 amide bonds. The van der Waals surface area contributed by atoms with E-state index in [1.54, 1.807) is 39.0 Å². The maximum Gasteiger partial charge on any atom is 0.474 e. The molecule has 10 nitrogen and oxygen atoms in total. The first kappa shape index (κ1) is 37.1. The third-order valence-electron chi connectivity index (χ3n) is 6.25. The fraction of sp³-hybridized carbons (Fsp3) is 0.533. The van der Waals surface area contributed by atoms with E-state index < -0.39 is 25.1 Å². The largest absolute Gasteiger partial charge is 0.474 e. The van der Waals surface area contributed by atoms with Gasteiger partial charge in [0.15, 0.2) is 12.6 Å². The molecule has 2 rings (SSSR count). The molecule has 2 aromatic carbocycles. The minimum Gasteiger partial charge on any atom is -0.466 e. The molecule has 13 heteroatoms. The third-order valence-corrected chi connectivity index (χ3v) is 8.97. The number of carbonyl (C=O) groups is 2. The number of halogens is 1. The summed E-state index contributed by atoms with van der Waals surface area (Å²) in [7, 11) is 0.186. The number of rotatable bonds is 17. The van der Waals surface area contributed by atoms with E-state index in [-0.39, 0.29) is 19.2 Å². The summed E-state index contributed by atoms with van der Waals surface area (Å²) in [5.74, 6) is 0.527. The number of amides is 1. The summed E-state index contributed by atoms with van der Waals surface area (Å²) < 4.78 is 44.5. The Labute approximate surface area is 264 Å². The number of hydrogen-bond donors (Lipinski definition) is 1. The number of nitrogens with one attached hydrogen (secondary N) is 1. The van der Waals surface area contributed by atoms with Crippen LogP contribution in [0.25, 0.3) is 0 Å². The van der Waals surface area contributed by atoms with Crippen molar-refractivity contribution in [2.24, 2.45) is 0 Å². The van der Waals surface area contributed by atoms with Gasteiger partial charge in [-0.15, -0.1) is 0 Å². The Morgan fingerprint density at radius 1 is 1.02 bits per heavy atom. The Hall–Kier alpha value is -2.11. The van der Waals surface area contributed by atoms with E-state index in [1.807, 2.05) is 25.1 Å². The van der Waals surface area contributed by atoms with Crippen LogP contribution < -0.4 is 10.1 Å². The van der Waals surface area contributed by atoms with E-state index in [0.717, 1.165) is 15.4 Å². The van der Waals surface area contributed by atoms with E-state index in [1.165, 1.54) is 40.0 Å². The molecule has 0 saturated heterocycles. The molecule has 240 valence electrons. The van der Waals surface area contributed by atoms with Gasteiger partial charge >= 0.3 is 13.9 Å². The number of aryl methyl sites for hydroxylation is 1. The van der Waals surface area contributed by atoms with Crippen LogP contribution in [0, 0.1) is 0 Å². The van der Waals surface area contributed by atoms with Gasteiger partial charge in [0.2, 0.25) is 0 Å². The number of hydrogen-bond acceptors (Lipinski definition) is 10. The molecule has 1 atom stereocenters. The Morgan fingerprint density at radius 3 is 2.28 bits per heavy atom. The third kappa shape index (κ3) is 12.1. The van der Waals surface area contributed by atoms with E-state index >= 15 is 0 Å². The van der Waals surface area contributed by atoms with Crippen molar-refractivity contribution in [1.82, 2.24) is 5.32 Å². The Kier molecular flexibility index (Phi) is 14.5. The maximum absolute atomic E-state index is 12.9. The van der Waals surface area contributed by atoms with Gasteiger partial charge in [0.25, 0.3) is 0 Å². The second kappa shape index (κ2) is 16.8. The number of carbonyl (C=O) groups excluding carboxylic acids is 2. The van der Waals surface area contributed by atoms with Crippen LogP contribution >= 0.6 is 31.2 Å². The van der Waals surface area contributed by atoms with E-state index in [2.05, 4.69) is 5.32 Å². The zero-order valence-corrected chi connectivity index (χ0v) is 28.6. The van der Waals surface area contributed by atoms with Crippen molar-refractivity contribution in [3.05, 3.63) is 52.5 Å². The molecule has 0 saturated carbocycles. The zero-order chi connectivity index (χ0) is 32.3. The van der Waals surface area contributed by atoms with Crippen LogP contribution in [-0.2, 0) is 34.0 Å². The lowest BCUT2D eigenvalue weighted by Gasteiger charge is -2.36. The SMILES string of the molecule is CCCC(CCc1ccc(Sc2cc(C(C)=O)ccc2OCOC)cc1Cl)(COP(=O)(OC)OC)NC(=O)OC(C)(C)C. The first-order chi connectivity index (χ1) is 20.2. The minimum atomic E-state index is -3.81. The van der Waals surface area contributed by atoms with Gasteiger partial charge < -0.3 is 19.5 Å². The van der Waals surface area contributed by atoms with Crippen molar-refractivity contribution in [2.45, 2.75) is 81.2 Å². The smallest absolute Gasteiger partial charge is 0.466 e. The minimum absolute atomic E-state index is 0.0552. The summed E-state index contributed by atoms with van der Waals surface area (Å²) in [6.07, 6.45) is 1.44. The number of alkyl carbamates (subject to hydrolysis) is 1. The molecule has 43 heavy (non-hydrogen) atoms. The summed E-state index contributed by atoms with van der Waals surface area (Å²) in [4.78, 5) is 26.4. The number of benzene rings is 2. The van der Waals surface area contributed by atoms with Crippen LogP contribution in [0.4, 0.5) is 4.79 Å². The summed E-state index contributed by atoms with van der Waals surface area (Å²) in [6.45, 7) is 8.74. The van der Waals surface area contributed by atoms with Crippen LogP contribution in [-0.4, -0.2) is 57.7 Å². The highest BCUT2D eigenvalue weighted by Crippen LogP contribution is 2.48. The number of phosphoric acid groups is 1. The van der Waals surface area contributed by atoms with Crippen molar-refractivity contribution in [3.63, 3.8) is 0 Å². The Balaban J connectivity index is 2.32. The maximum atomic E-state index is 12.9. The van der Waals surface area contributed by atoms with Gasteiger partial charge in [0.1, 0.15) is 11.4 Å². The highest BCUT2D eigenvalue weighted by molar-refractivity contribution is 7.99. The number of phosphoric ester groups is 1. The normalized spacial score (nSPS) is 13.3. The molecule has 0 fully saturated rings. The molecule has 1 unspecified atom stereocenters. The summed E-state index contributed by atoms with van der Waals surface area (Å²) >= 11 is 8.16. The number of methoxy groups -OCH3 is 1. The fourth-order valence-electron chi connectivity index (χ4n) is 4.16. The van der Waals surface area contributed by atoms with Crippen molar-refractivity contribution >= 4 is 43.1 Å². The van der Waals surface area contributed by atoms with Crippen LogP contribution in [0.15, 0.2) is 46.2 Å². The van der Waals surface area contributed by atoms with Gasteiger partial charge in [-0.2, -0.15) is 0 Å². The summed E-state index contributed by atoms with van der Waals surface area (Å²) in [6, 6.07) is 10.9. The van der Waals surface area contributed by atoms with Gasteiger partial charge in [-0.3, -0.25) is 18.4 Å². The topological polar surface area (TPSA) is 119 Å². The Morgan fingerprint density at radius 2 is 1.72 bits per heavy atom. The van der Waals surface area contributed by atoms with E-state index in [9.17, 15) is 14.2 Å². The average Bonchev–Trinajstić information content (AvgIpc) is 2.93. The molecule has 0 spiro atoms. The molecule has 2 aromatic rings. The van der Waals surface area contributed by atoms with Gasteiger partial charge in [-0.25, -0.2) is 9.36 Å². The second-order valence-electron chi connectivity index (χ2n) is 10.9. The number of ether oxygens (including phenoxy) is 3. The summed E-state index contributed by atoms with van der Waals surface area (Å²) in [5, 5.41) is 3.49. The molecular weight excluding hydrogens is 617 g/mol. The quantitative estimate of drug-likeness (QED) is 0.101. The molecule has 1 N–H and O–H groups in total. The van der Waals surface area contributed by atoms with E-state index in [0.29, 0.717) is 42.0 Å². The molecule has 0 heterocycles. The molecule has 0 aliphatic heterocycles. The molecule has 0 aliphatic carbocycles. The lowest BCUT2D eigenvalue weighted by Crippen LogP contribution is -2.53. The highest BCUT2D eigenvalue weighted by atomic mass is 35.5.